The number of hydrogen-bond acceptors (Lipinski definition) is 5. The number of aliphatic imine (C=N–C) groups is 1. The molecule has 0 spiro atoms. The molecule has 25 heavy (non-hydrogen) atoms. The van der Waals surface area contributed by atoms with E-state index in [1.54, 1.807) is 12.1 Å². The third kappa shape index (κ3) is 2.89. The quantitative estimate of drug-likeness (QED) is 0.551. The Bertz CT molecular complexity index is 1050. The molecule has 0 radical (unpaired) electrons. The Hall–Kier alpha value is -3.08. The van der Waals surface area contributed by atoms with Crippen molar-refractivity contribution >= 4 is 22.9 Å². The van der Waals surface area contributed by atoms with E-state index in [2.05, 4.69) is 4.99 Å². The molecule has 0 saturated heterocycles. The molecule has 5 heteroatoms. The molecule has 1 aliphatic rings. The summed E-state index contributed by atoms with van der Waals surface area (Å²) in [6.07, 6.45) is 5.31. The molecule has 2 aromatic carbocycles. The van der Waals surface area contributed by atoms with Crippen molar-refractivity contribution in [3.63, 3.8) is 0 Å². The third-order valence-corrected chi connectivity index (χ3v) is 4.57. The van der Waals surface area contributed by atoms with Crippen LogP contribution in [0, 0.1) is 0 Å². The first-order valence-electron chi connectivity index (χ1n) is 8.26. The van der Waals surface area contributed by atoms with Crippen LogP contribution < -0.4 is 5.63 Å². The first kappa shape index (κ1) is 15.4. The summed E-state index contributed by atoms with van der Waals surface area (Å²) in [6.45, 7) is 0. The average molecular weight is 335 g/mol. The van der Waals surface area contributed by atoms with E-state index in [0.717, 1.165) is 42.2 Å². The van der Waals surface area contributed by atoms with E-state index in [1.807, 2.05) is 12.1 Å². The molecule has 126 valence electrons. The number of fused-ring (bicyclic) bond motifs is 3. The topological polar surface area (TPSA) is 83.0 Å². The van der Waals surface area contributed by atoms with Crippen LogP contribution in [0.5, 0.6) is 11.5 Å². The molecule has 0 bridgehead atoms. The zero-order valence-corrected chi connectivity index (χ0v) is 13.5. The molecule has 1 aromatic heterocycles. The minimum Gasteiger partial charge on any atom is -0.508 e. The average Bonchev–Trinajstić information content (AvgIpc) is 2.61. The largest absolute Gasteiger partial charge is 0.508 e. The van der Waals surface area contributed by atoms with Gasteiger partial charge in [0, 0.05) is 34.9 Å². The van der Waals surface area contributed by atoms with Crippen LogP contribution in [0.1, 0.15) is 29.5 Å². The van der Waals surface area contributed by atoms with Gasteiger partial charge in [0.25, 0.3) is 0 Å². The zero-order valence-electron chi connectivity index (χ0n) is 13.5. The fourth-order valence-corrected chi connectivity index (χ4v) is 3.30. The van der Waals surface area contributed by atoms with Gasteiger partial charge in [0.2, 0.25) is 0 Å². The fraction of sp³-hybridized carbons (Fsp3) is 0.200. The molecule has 1 aliphatic carbocycles. The summed E-state index contributed by atoms with van der Waals surface area (Å²) in [5, 5.41) is 20.1. The Morgan fingerprint density at radius 2 is 1.80 bits per heavy atom. The molecule has 5 nitrogen and oxygen atoms in total. The van der Waals surface area contributed by atoms with Crippen LogP contribution in [0.4, 0.5) is 5.69 Å². The van der Waals surface area contributed by atoms with Crippen LogP contribution in [0.25, 0.3) is 11.0 Å². The van der Waals surface area contributed by atoms with Gasteiger partial charge < -0.3 is 14.6 Å². The molecule has 1 heterocycles. The Kier molecular flexibility index (Phi) is 3.76. The third-order valence-electron chi connectivity index (χ3n) is 4.57. The maximum Gasteiger partial charge on any atom is 0.339 e. The first-order chi connectivity index (χ1) is 12.1. The van der Waals surface area contributed by atoms with Gasteiger partial charge in [0.05, 0.1) is 5.69 Å². The Labute approximate surface area is 143 Å². The van der Waals surface area contributed by atoms with Crippen LogP contribution in [0.3, 0.4) is 0 Å². The molecule has 0 amide bonds. The monoisotopic (exact) mass is 335 g/mol. The van der Waals surface area contributed by atoms with Gasteiger partial charge in [-0.15, -0.1) is 0 Å². The highest BCUT2D eigenvalue weighted by Gasteiger charge is 2.17. The Morgan fingerprint density at radius 1 is 1.00 bits per heavy atom. The molecule has 0 unspecified atom stereocenters. The van der Waals surface area contributed by atoms with Crippen molar-refractivity contribution in [2.24, 2.45) is 4.99 Å². The van der Waals surface area contributed by atoms with Gasteiger partial charge in [-0.2, -0.15) is 0 Å². The van der Waals surface area contributed by atoms with Gasteiger partial charge in [0.1, 0.15) is 17.1 Å². The van der Waals surface area contributed by atoms with E-state index in [-0.39, 0.29) is 17.1 Å². The van der Waals surface area contributed by atoms with Crippen LogP contribution in [-0.2, 0) is 12.8 Å². The van der Waals surface area contributed by atoms with Crippen molar-refractivity contribution in [2.45, 2.75) is 25.7 Å². The van der Waals surface area contributed by atoms with E-state index in [4.69, 9.17) is 4.42 Å². The fourth-order valence-electron chi connectivity index (χ4n) is 3.30. The lowest BCUT2D eigenvalue weighted by Crippen LogP contribution is -2.15. The number of aryl methyl sites for hydroxylation is 1. The number of aromatic hydroxyl groups is 2. The van der Waals surface area contributed by atoms with Gasteiger partial charge in [-0.05, 0) is 55.5 Å². The second-order valence-electron chi connectivity index (χ2n) is 6.24. The summed E-state index contributed by atoms with van der Waals surface area (Å²) in [4.78, 5) is 16.5. The highest BCUT2D eigenvalue weighted by Crippen LogP contribution is 2.29. The van der Waals surface area contributed by atoms with Crippen LogP contribution in [0.2, 0.25) is 0 Å². The van der Waals surface area contributed by atoms with E-state index >= 15 is 0 Å². The molecule has 0 aliphatic heterocycles. The standard InChI is InChI=1S/C20H17NO4/c22-14-7-5-12(18(23)10-14)11-21-13-6-8-16-15-3-1-2-4-17(15)20(24)25-19(16)9-13/h5-11,22-23H,1-4H2. The minimum absolute atomic E-state index is 0.00750. The van der Waals surface area contributed by atoms with Crippen molar-refractivity contribution in [2.75, 3.05) is 0 Å². The second-order valence-corrected chi connectivity index (χ2v) is 6.24. The van der Waals surface area contributed by atoms with Gasteiger partial charge in [-0.1, -0.05) is 0 Å². The van der Waals surface area contributed by atoms with Crippen LogP contribution in [0.15, 0.2) is 50.6 Å². The first-order valence-corrected chi connectivity index (χ1v) is 8.26. The normalized spacial score (nSPS) is 14.1. The summed E-state index contributed by atoms with van der Waals surface area (Å²) in [5.74, 6) is -0.0583. The summed E-state index contributed by atoms with van der Waals surface area (Å²) in [7, 11) is 0. The predicted octanol–water partition coefficient (Wildman–Crippen LogP) is 3.83. The van der Waals surface area contributed by atoms with Gasteiger partial charge >= 0.3 is 5.63 Å². The molecule has 4 rings (SSSR count). The maximum absolute atomic E-state index is 12.2. The highest BCUT2D eigenvalue weighted by atomic mass is 16.4. The number of hydrogen-bond donors (Lipinski definition) is 2. The lowest BCUT2D eigenvalue weighted by Gasteiger charge is -2.15. The summed E-state index contributed by atoms with van der Waals surface area (Å²) >= 11 is 0. The summed E-state index contributed by atoms with van der Waals surface area (Å²) in [5.41, 5.74) is 3.31. The molecule has 0 atom stereocenters. The second kappa shape index (κ2) is 6.09. The van der Waals surface area contributed by atoms with E-state index in [9.17, 15) is 15.0 Å². The van der Waals surface area contributed by atoms with E-state index in [0.29, 0.717) is 16.8 Å². The summed E-state index contributed by atoms with van der Waals surface area (Å²) < 4.78 is 5.48. The van der Waals surface area contributed by atoms with E-state index in [1.165, 1.54) is 18.3 Å². The zero-order chi connectivity index (χ0) is 17.4. The maximum atomic E-state index is 12.2. The molecule has 0 saturated carbocycles. The van der Waals surface area contributed by atoms with Crippen molar-refractivity contribution in [1.82, 2.24) is 0 Å². The molecule has 0 fully saturated rings. The molecular formula is C20H17NO4. The lowest BCUT2D eigenvalue weighted by molar-refractivity contribution is 0.450. The summed E-state index contributed by atoms with van der Waals surface area (Å²) in [6, 6.07) is 9.85. The van der Waals surface area contributed by atoms with Gasteiger partial charge in [-0.25, -0.2) is 4.79 Å². The van der Waals surface area contributed by atoms with Crippen molar-refractivity contribution in [1.29, 1.82) is 0 Å². The van der Waals surface area contributed by atoms with Crippen molar-refractivity contribution in [3.05, 3.63) is 63.5 Å². The number of rotatable bonds is 2. The SMILES string of the molecule is O=c1oc2cc(N=Cc3ccc(O)cc3O)ccc2c2c1CCCC2. The minimum atomic E-state index is -0.250. The highest BCUT2D eigenvalue weighted by molar-refractivity contribution is 5.88. The molecular weight excluding hydrogens is 318 g/mol. The van der Waals surface area contributed by atoms with Crippen molar-refractivity contribution in [3.8, 4) is 11.5 Å². The number of phenolic OH excluding ortho intramolecular Hbond substituents is 2. The molecule has 2 N–H and O–H groups in total. The van der Waals surface area contributed by atoms with Crippen molar-refractivity contribution < 1.29 is 14.6 Å². The van der Waals surface area contributed by atoms with Crippen LogP contribution in [-0.4, -0.2) is 16.4 Å². The van der Waals surface area contributed by atoms with Gasteiger partial charge in [0.15, 0.2) is 0 Å². The number of nitrogens with zero attached hydrogens (tertiary/aromatic N) is 1. The van der Waals surface area contributed by atoms with Gasteiger partial charge in [-0.3, -0.25) is 4.99 Å². The Morgan fingerprint density at radius 3 is 2.60 bits per heavy atom. The smallest absolute Gasteiger partial charge is 0.339 e. The Balaban J connectivity index is 1.74. The molecule has 3 aromatic rings. The lowest BCUT2D eigenvalue weighted by atomic mass is 9.90. The predicted molar refractivity (Wildman–Crippen MR) is 96.2 cm³/mol. The number of benzene rings is 2. The van der Waals surface area contributed by atoms with E-state index < -0.39 is 0 Å². The van der Waals surface area contributed by atoms with Crippen LogP contribution >= 0.6 is 0 Å². The number of phenols is 2.